The van der Waals surface area contributed by atoms with Gasteiger partial charge in [-0.05, 0) is 97.7 Å². The fraction of sp³-hybridized carbons (Fsp3) is 0.929. The van der Waals surface area contributed by atoms with Gasteiger partial charge in [-0.1, -0.05) is 100 Å². The molecule has 0 radical (unpaired) electrons. The van der Waals surface area contributed by atoms with E-state index in [1.54, 1.807) is 5.57 Å². The highest BCUT2D eigenvalue weighted by atomic mass is 35.6. The maximum Gasteiger partial charge on any atom is 0.180 e. The van der Waals surface area contributed by atoms with Crippen molar-refractivity contribution in [2.75, 3.05) is 0 Å². The standard InChI is InChI=1S/C27H46O.CHCl3/c1-18(2)7-6-8-19(3)23-11-12-24-22-10-9-20-17-21(28)13-15-26(20,4)25(22)14-16-27(23,24)5;2-1(3)4/h9,18-19,21-25,28H,6-8,10-17H2,1-5H3;1H/t19?,21-,22-,23+,24-,25-,26-,27+;/m0./s1. The number of aliphatic hydroxyl groups excluding tert-OH is 1. The van der Waals surface area contributed by atoms with Crippen LogP contribution >= 0.6 is 34.8 Å². The summed E-state index contributed by atoms with van der Waals surface area (Å²) in [6.07, 6.45) is 17.2. The number of halogens is 3. The second-order valence-corrected chi connectivity index (χ2v) is 14.4. The van der Waals surface area contributed by atoms with E-state index in [1.807, 2.05) is 0 Å². The Labute approximate surface area is 213 Å². The minimum atomic E-state index is -0.750. The van der Waals surface area contributed by atoms with Crippen molar-refractivity contribution in [3.63, 3.8) is 0 Å². The lowest BCUT2D eigenvalue weighted by Gasteiger charge is -2.58. The fourth-order valence-electron chi connectivity index (χ4n) is 8.67. The van der Waals surface area contributed by atoms with E-state index in [0.29, 0.717) is 10.8 Å². The summed E-state index contributed by atoms with van der Waals surface area (Å²) in [5.74, 6) is 5.46. The minimum Gasteiger partial charge on any atom is -0.393 e. The van der Waals surface area contributed by atoms with Crippen LogP contribution in [-0.2, 0) is 0 Å². The van der Waals surface area contributed by atoms with E-state index in [0.717, 1.165) is 48.3 Å². The first-order valence-electron chi connectivity index (χ1n) is 13.3. The highest BCUT2D eigenvalue weighted by molar-refractivity contribution is 6.63. The topological polar surface area (TPSA) is 20.2 Å². The average Bonchev–Trinajstić information content (AvgIpc) is 3.05. The van der Waals surface area contributed by atoms with Gasteiger partial charge < -0.3 is 5.11 Å². The van der Waals surface area contributed by atoms with Crippen molar-refractivity contribution >= 4 is 34.8 Å². The Morgan fingerprint density at radius 1 is 0.969 bits per heavy atom. The molecule has 4 rings (SSSR count). The van der Waals surface area contributed by atoms with Crippen LogP contribution in [0.3, 0.4) is 0 Å². The summed E-state index contributed by atoms with van der Waals surface area (Å²) in [6.45, 7) is 12.6. The molecule has 4 aliphatic carbocycles. The molecule has 0 spiro atoms. The largest absolute Gasteiger partial charge is 0.393 e. The molecule has 0 aromatic rings. The maximum atomic E-state index is 10.2. The van der Waals surface area contributed by atoms with Crippen molar-refractivity contribution in [2.45, 2.75) is 116 Å². The van der Waals surface area contributed by atoms with Crippen molar-refractivity contribution in [1.29, 1.82) is 0 Å². The normalized spacial score (nSPS) is 41.8. The lowest BCUT2D eigenvalue weighted by molar-refractivity contribution is -0.0573. The van der Waals surface area contributed by atoms with Gasteiger partial charge in [-0.3, -0.25) is 0 Å². The number of alkyl halides is 3. The van der Waals surface area contributed by atoms with Crippen LogP contribution in [0.1, 0.15) is 105 Å². The summed E-state index contributed by atoms with van der Waals surface area (Å²) in [4.78, 5) is 0. The first-order valence-corrected chi connectivity index (χ1v) is 14.6. The van der Waals surface area contributed by atoms with E-state index in [4.69, 9.17) is 34.8 Å². The van der Waals surface area contributed by atoms with Gasteiger partial charge >= 0.3 is 0 Å². The zero-order valence-electron chi connectivity index (χ0n) is 21.1. The third-order valence-electron chi connectivity index (χ3n) is 10.3. The van der Waals surface area contributed by atoms with Gasteiger partial charge in [0.05, 0.1) is 6.10 Å². The van der Waals surface area contributed by atoms with Crippen molar-refractivity contribution in [1.82, 2.24) is 0 Å². The van der Waals surface area contributed by atoms with Gasteiger partial charge in [0.1, 0.15) is 0 Å². The van der Waals surface area contributed by atoms with Crippen LogP contribution in [0, 0.1) is 46.3 Å². The molecule has 0 heterocycles. The van der Waals surface area contributed by atoms with Crippen LogP contribution in [-0.4, -0.2) is 15.5 Å². The summed E-state index contributed by atoms with van der Waals surface area (Å²) in [6, 6.07) is 0. The monoisotopic (exact) mass is 504 g/mol. The lowest BCUT2D eigenvalue weighted by Crippen LogP contribution is -2.50. The predicted molar refractivity (Wildman–Crippen MR) is 140 cm³/mol. The number of aliphatic hydroxyl groups is 1. The van der Waals surface area contributed by atoms with Crippen LogP contribution in [0.4, 0.5) is 0 Å². The molecule has 3 fully saturated rings. The minimum absolute atomic E-state index is 0.0766. The molecule has 1 N–H and O–H groups in total. The maximum absolute atomic E-state index is 10.2. The molecule has 0 saturated heterocycles. The molecule has 0 amide bonds. The smallest absolute Gasteiger partial charge is 0.180 e. The summed E-state index contributed by atoms with van der Waals surface area (Å²) in [7, 11) is 0. The Morgan fingerprint density at radius 2 is 1.66 bits per heavy atom. The van der Waals surface area contributed by atoms with E-state index < -0.39 is 4.30 Å². The summed E-state index contributed by atoms with van der Waals surface area (Å²) in [5, 5.41) is 10.2. The van der Waals surface area contributed by atoms with Gasteiger partial charge in [-0.2, -0.15) is 0 Å². The molecule has 4 aliphatic rings. The van der Waals surface area contributed by atoms with E-state index in [2.05, 4.69) is 40.7 Å². The van der Waals surface area contributed by atoms with Gasteiger partial charge in [0.25, 0.3) is 0 Å². The third-order valence-corrected chi connectivity index (χ3v) is 10.3. The number of hydrogen-bond donors (Lipinski definition) is 1. The van der Waals surface area contributed by atoms with Crippen molar-refractivity contribution in [2.24, 2.45) is 46.3 Å². The molecular formula is C28H47Cl3O. The van der Waals surface area contributed by atoms with Crippen molar-refractivity contribution < 1.29 is 5.11 Å². The van der Waals surface area contributed by atoms with E-state index in [9.17, 15) is 5.11 Å². The summed E-state index contributed by atoms with van der Waals surface area (Å²) in [5.41, 5.74) is 2.60. The van der Waals surface area contributed by atoms with Crippen molar-refractivity contribution in [3.05, 3.63) is 11.6 Å². The third kappa shape index (κ3) is 5.68. The van der Waals surface area contributed by atoms with E-state index in [1.165, 1.54) is 57.8 Å². The molecule has 1 unspecified atom stereocenters. The van der Waals surface area contributed by atoms with Gasteiger partial charge in [-0.15, -0.1) is 0 Å². The fourth-order valence-corrected chi connectivity index (χ4v) is 8.67. The SMILES string of the molecule is CC(C)CCCC(C)[C@H]1CC[C@H]2[C@@H]3CC=C4C[C@@H](O)CC[C@]4(C)[C@H]3CC[C@]12C.ClC(Cl)Cl. The van der Waals surface area contributed by atoms with Gasteiger partial charge in [0.2, 0.25) is 0 Å². The van der Waals surface area contributed by atoms with Gasteiger partial charge in [-0.25, -0.2) is 0 Å². The van der Waals surface area contributed by atoms with Crippen LogP contribution in [0.2, 0.25) is 0 Å². The van der Waals surface area contributed by atoms with E-state index in [-0.39, 0.29) is 6.10 Å². The molecule has 186 valence electrons. The summed E-state index contributed by atoms with van der Waals surface area (Å²) < 4.78 is -0.750. The Kier molecular flexibility index (Phi) is 9.42. The highest BCUT2D eigenvalue weighted by Crippen LogP contribution is 2.67. The molecule has 0 bridgehead atoms. The van der Waals surface area contributed by atoms with Crippen LogP contribution in [0.5, 0.6) is 0 Å². The first kappa shape index (κ1) is 27.2. The first-order chi connectivity index (χ1) is 15.0. The van der Waals surface area contributed by atoms with E-state index >= 15 is 0 Å². The molecular weight excluding hydrogens is 459 g/mol. The molecule has 32 heavy (non-hydrogen) atoms. The molecule has 0 aliphatic heterocycles. The number of fused-ring (bicyclic) bond motifs is 5. The molecule has 8 atom stereocenters. The average molecular weight is 506 g/mol. The quantitative estimate of drug-likeness (QED) is 0.291. The van der Waals surface area contributed by atoms with Crippen LogP contribution in [0.15, 0.2) is 11.6 Å². The Balaban J connectivity index is 0.000000668. The number of allylic oxidation sites excluding steroid dienone is 1. The van der Waals surface area contributed by atoms with Crippen LogP contribution < -0.4 is 0 Å². The van der Waals surface area contributed by atoms with Gasteiger partial charge in [0, 0.05) is 0 Å². The zero-order chi connectivity index (χ0) is 23.7. The molecule has 1 nitrogen and oxygen atoms in total. The molecule has 0 aromatic carbocycles. The Bertz CT molecular complexity index is 644. The van der Waals surface area contributed by atoms with Crippen molar-refractivity contribution in [3.8, 4) is 0 Å². The predicted octanol–water partition coefficient (Wildman–Crippen LogP) is 9.38. The second-order valence-electron chi connectivity index (χ2n) is 12.4. The Hall–Kier alpha value is 0.570. The zero-order valence-corrected chi connectivity index (χ0v) is 23.3. The molecule has 3 saturated carbocycles. The van der Waals surface area contributed by atoms with Crippen LogP contribution in [0.25, 0.3) is 0 Å². The number of hydrogen-bond acceptors (Lipinski definition) is 1. The molecule has 4 heteroatoms. The summed E-state index contributed by atoms with van der Waals surface area (Å²) >= 11 is 14.4. The van der Waals surface area contributed by atoms with Gasteiger partial charge in [0.15, 0.2) is 4.30 Å². The second kappa shape index (κ2) is 11.1. The lowest BCUT2D eigenvalue weighted by atomic mass is 9.47. The Morgan fingerprint density at radius 3 is 2.31 bits per heavy atom. The molecule has 0 aromatic heterocycles. The number of rotatable bonds is 5. The highest BCUT2D eigenvalue weighted by Gasteiger charge is 2.59.